The van der Waals surface area contributed by atoms with Crippen LogP contribution in [0, 0.1) is 0 Å². The second kappa shape index (κ2) is 17.3. The molecule has 8 heteroatoms. The van der Waals surface area contributed by atoms with E-state index in [0.29, 0.717) is 18.6 Å². The Hall–Kier alpha value is -2.58. The Morgan fingerprint density at radius 1 is 1.00 bits per heavy atom. The van der Waals surface area contributed by atoms with Crippen LogP contribution in [0.15, 0.2) is 36.1 Å². The molecule has 0 fully saturated rings. The van der Waals surface area contributed by atoms with E-state index in [2.05, 4.69) is 6.92 Å². The molecule has 0 radical (unpaired) electrons. The van der Waals surface area contributed by atoms with Gasteiger partial charge in [0.05, 0.1) is 27.4 Å². The Balaban J connectivity index is 0.000000710. The Kier molecular flexibility index (Phi) is 15.8. The Labute approximate surface area is 178 Å². The largest absolute Gasteiger partial charge is 0.492 e. The predicted octanol–water partition coefficient (Wildman–Crippen LogP) is 2.67. The minimum Gasteiger partial charge on any atom is -0.492 e. The van der Waals surface area contributed by atoms with Crippen LogP contribution >= 0.6 is 0 Å². The van der Waals surface area contributed by atoms with E-state index in [1.807, 2.05) is 13.0 Å². The highest BCUT2D eigenvalue weighted by Gasteiger charge is 2.21. The molecule has 0 aliphatic heterocycles. The number of ether oxygens (including phenoxy) is 4. The number of unbranched alkanes of at least 4 members (excludes halogenated alkanes) is 2. The number of carbonyl (C=O) groups is 2. The molecule has 1 unspecified atom stereocenters. The van der Waals surface area contributed by atoms with Crippen molar-refractivity contribution in [1.29, 1.82) is 0 Å². The molecule has 0 aliphatic rings. The Morgan fingerprint density at radius 3 is 2.17 bits per heavy atom. The lowest BCUT2D eigenvalue weighted by atomic mass is 10.1. The van der Waals surface area contributed by atoms with Crippen molar-refractivity contribution in [1.82, 2.24) is 0 Å². The Morgan fingerprint density at radius 2 is 1.67 bits per heavy atom. The third kappa shape index (κ3) is 11.4. The molecular weight excluding hydrogens is 392 g/mol. The van der Waals surface area contributed by atoms with E-state index in [-0.39, 0.29) is 24.1 Å². The van der Waals surface area contributed by atoms with Crippen molar-refractivity contribution in [3.05, 3.63) is 41.7 Å². The van der Waals surface area contributed by atoms with Crippen LogP contribution < -0.4 is 0 Å². The van der Waals surface area contributed by atoms with Crippen LogP contribution in [-0.4, -0.2) is 62.3 Å². The van der Waals surface area contributed by atoms with Crippen molar-refractivity contribution in [2.45, 2.75) is 45.6 Å². The molecule has 0 aliphatic carbocycles. The number of hydrogen-bond acceptors (Lipinski definition) is 8. The van der Waals surface area contributed by atoms with Crippen molar-refractivity contribution in [2.75, 3.05) is 34.0 Å². The number of esters is 2. The van der Waals surface area contributed by atoms with Gasteiger partial charge >= 0.3 is 11.9 Å². The molecule has 1 aromatic rings. The van der Waals surface area contributed by atoms with Crippen molar-refractivity contribution < 1.29 is 38.7 Å². The monoisotopic (exact) mass is 426 g/mol. The standard InChI is InChI=1S/C14H18O6.C8H16O2/c1-18-12(10-6-4-3-5-7-10)13(19-2)14(17)20-9-11(16)8-15;1-3-5-6-7-8(9)10-4-2/h3-7,11,15-16H,8-9H2,1-2H3;3-7H2,1-2H3. The number of aliphatic hydroxyl groups excluding tert-OH is 2. The van der Waals surface area contributed by atoms with Gasteiger partial charge in [0.25, 0.3) is 0 Å². The zero-order valence-electron chi connectivity index (χ0n) is 18.3. The molecule has 0 saturated heterocycles. The van der Waals surface area contributed by atoms with Gasteiger partial charge in [-0.2, -0.15) is 0 Å². The second-order valence-corrected chi connectivity index (χ2v) is 6.13. The van der Waals surface area contributed by atoms with E-state index >= 15 is 0 Å². The first-order valence-electron chi connectivity index (χ1n) is 9.94. The summed E-state index contributed by atoms with van der Waals surface area (Å²) < 4.78 is 19.8. The molecule has 8 nitrogen and oxygen atoms in total. The van der Waals surface area contributed by atoms with Crippen molar-refractivity contribution in [3.8, 4) is 0 Å². The molecule has 1 aromatic carbocycles. The highest BCUT2D eigenvalue weighted by molar-refractivity contribution is 5.94. The SMILES string of the molecule is CCCCCC(=O)OCC.COC(C(=O)OCC(O)CO)=C(OC)c1ccccc1. The fraction of sp³-hybridized carbons (Fsp3) is 0.545. The molecule has 0 amide bonds. The zero-order chi connectivity index (χ0) is 22.8. The lowest BCUT2D eigenvalue weighted by Crippen LogP contribution is -2.23. The number of rotatable bonds is 12. The summed E-state index contributed by atoms with van der Waals surface area (Å²) in [6, 6.07) is 8.94. The molecule has 1 rings (SSSR count). The van der Waals surface area contributed by atoms with Gasteiger partial charge in [0.1, 0.15) is 12.7 Å². The van der Waals surface area contributed by atoms with E-state index < -0.39 is 18.7 Å². The first-order valence-corrected chi connectivity index (χ1v) is 9.94. The van der Waals surface area contributed by atoms with Crippen LogP contribution in [0.1, 0.15) is 45.1 Å². The quantitative estimate of drug-likeness (QED) is 0.227. The lowest BCUT2D eigenvalue weighted by Gasteiger charge is -2.14. The molecule has 0 bridgehead atoms. The zero-order valence-corrected chi connectivity index (χ0v) is 18.3. The van der Waals surface area contributed by atoms with Crippen molar-refractivity contribution in [2.24, 2.45) is 0 Å². The van der Waals surface area contributed by atoms with Gasteiger partial charge in [-0.3, -0.25) is 4.79 Å². The van der Waals surface area contributed by atoms with Crippen LogP contribution in [0.25, 0.3) is 5.76 Å². The van der Waals surface area contributed by atoms with Gasteiger partial charge in [0.15, 0.2) is 5.76 Å². The van der Waals surface area contributed by atoms with Gasteiger partial charge in [-0.05, 0) is 13.3 Å². The van der Waals surface area contributed by atoms with E-state index in [9.17, 15) is 9.59 Å². The molecule has 1 atom stereocenters. The smallest absolute Gasteiger partial charge is 0.377 e. The van der Waals surface area contributed by atoms with E-state index in [1.165, 1.54) is 14.2 Å². The maximum absolute atomic E-state index is 11.9. The fourth-order valence-electron chi connectivity index (χ4n) is 2.24. The molecule has 30 heavy (non-hydrogen) atoms. The average molecular weight is 427 g/mol. The normalized spacial score (nSPS) is 11.9. The van der Waals surface area contributed by atoms with Gasteiger partial charge in [0, 0.05) is 12.0 Å². The topological polar surface area (TPSA) is 112 Å². The summed E-state index contributed by atoms with van der Waals surface area (Å²) in [5.41, 5.74) is 0.659. The van der Waals surface area contributed by atoms with E-state index in [0.717, 1.165) is 19.3 Å². The summed E-state index contributed by atoms with van der Waals surface area (Å²) in [4.78, 5) is 22.6. The molecule has 0 saturated carbocycles. The van der Waals surface area contributed by atoms with Crippen LogP contribution in [0.4, 0.5) is 0 Å². The first-order chi connectivity index (χ1) is 14.4. The third-order valence-electron chi connectivity index (χ3n) is 3.74. The van der Waals surface area contributed by atoms with E-state index in [1.54, 1.807) is 24.3 Å². The Bertz CT molecular complexity index is 627. The maximum Gasteiger partial charge on any atom is 0.377 e. The lowest BCUT2D eigenvalue weighted by molar-refractivity contribution is -0.146. The van der Waals surface area contributed by atoms with E-state index in [4.69, 9.17) is 29.2 Å². The second-order valence-electron chi connectivity index (χ2n) is 6.13. The maximum atomic E-state index is 11.9. The van der Waals surface area contributed by atoms with Crippen LogP contribution in [-0.2, 0) is 28.5 Å². The molecule has 0 aromatic heterocycles. The molecular formula is C22H34O8. The highest BCUT2D eigenvalue weighted by atomic mass is 16.6. The number of hydrogen-bond donors (Lipinski definition) is 2. The molecule has 170 valence electrons. The van der Waals surface area contributed by atoms with Gasteiger partial charge in [-0.25, -0.2) is 4.79 Å². The van der Waals surface area contributed by atoms with Gasteiger partial charge < -0.3 is 29.2 Å². The first kappa shape index (κ1) is 27.4. The minimum atomic E-state index is -1.13. The van der Waals surface area contributed by atoms with Crippen molar-refractivity contribution in [3.63, 3.8) is 0 Å². The summed E-state index contributed by atoms with van der Waals surface area (Å²) >= 11 is 0. The molecule has 0 heterocycles. The van der Waals surface area contributed by atoms with Gasteiger partial charge in [-0.15, -0.1) is 0 Å². The molecule has 0 spiro atoms. The highest BCUT2D eigenvalue weighted by Crippen LogP contribution is 2.20. The summed E-state index contributed by atoms with van der Waals surface area (Å²) in [5.74, 6) is -0.711. The number of benzene rings is 1. The third-order valence-corrected chi connectivity index (χ3v) is 3.74. The number of carbonyl (C=O) groups excluding carboxylic acids is 2. The van der Waals surface area contributed by atoms with Crippen molar-refractivity contribution >= 4 is 17.7 Å². The minimum absolute atomic E-state index is 0.0593. The molecule has 2 N–H and O–H groups in total. The summed E-state index contributed by atoms with van der Waals surface area (Å²) in [6.07, 6.45) is 2.70. The number of methoxy groups -OCH3 is 2. The summed E-state index contributed by atoms with van der Waals surface area (Å²) in [6.45, 7) is 3.64. The number of aliphatic hydroxyl groups is 2. The average Bonchev–Trinajstić information content (AvgIpc) is 2.76. The van der Waals surface area contributed by atoms with Gasteiger partial charge in [-0.1, -0.05) is 50.1 Å². The summed E-state index contributed by atoms with van der Waals surface area (Å²) in [5, 5.41) is 17.8. The fourth-order valence-corrected chi connectivity index (χ4v) is 2.24. The van der Waals surface area contributed by atoms with Crippen LogP contribution in [0.5, 0.6) is 0 Å². The summed E-state index contributed by atoms with van der Waals surface area (Å²) in [7, 11) is 2.73. The van der Waals surface area contributed by atoms with Gasteiger partial charge in [0.2, 0.25) is 5.76 Å². The van der Waals surface area contributed by atoms with Crippen LogP contribution in [0.2, 0.25) is 0 Å². The predicted molar refractivity (Wildman–Crippen MR) is 112 cm³/mol. The van der Waals surface area contributed by atoms with Crippen LogP contribution in [0.3, 0.4) is 0 Å².